The molecule has 3 aromatic rings. The third-order valence-corrected chi connectivity index (χ3v) is 6.14. The van der Waals surface area contributed by atoms with E-state index in [-0.39, 0.29) is 11.3 Å². The lowest BCUT2D eigenvalue weighted by atomic mass is 9.79. The van der Waals surface area contributed by atoms with Crippen molar-refractivity contribution in [3.05, 3.63) is 73.7 Å². The van der Waals surface area contributed by atoms with Crippen molar-refractivity contribution in [1.82, 2.24) is 4.57 Å². The third-order valence-electron chi connectivity index (χ3n) is 5.16. The van der Waals surface area contributed by atoms with E-state index in [9.17, 15) is 9.59 Å². The molecule has 1 aromatic carbocycles. The number of ether oxygens (including phenoxy) is 1. The molecule has 0 unspecified atom stereocenters. The van der Waals surface area contributed by atoms with Crippen LogP contribution in [0.15, 0.2) is 57.1 Å². The van der Waals surface area contributed by atoms with Crippen molar-refractivity contribution in [2.45, 2.75) is 25.6 Å². The summed E-state index contributed by atoms with van der Waals surface area (Å²) in [6, 6.07) is 8.89. The maximum atomic E-state index is 13.2. The second-order valence-electron chi connectivity index (χ2n) is 6.96. The van der Waals surface area contributed by atoms with Crippen LogP contribution < -0.4 is 19.6 Å². The predicted octanol–water partition coefficient (Wildman–Crippen LogP) is 1.87. The van der Waals surface area contributed by atoms with Gasteiger partial charge in [-0.15, -0.1) is 0 Å². The summed E-state index contributed by atoms with van der Waals surface area (Å²) < 4.78 is 13.4. The summed E-state index contributed by atoms with van der Waals surface area (Å²) in [5.41, 5.74) is 0.450. The zero-order chi connectivity index (χ0) is 18.8. The molecule has 6 nitrogen and oxygen atoms in total. The minimum Gasteiger partial charge on any atom is -0.472 e. The van der Waals surface area contributed by atoms with Crippen molar-refractivity contribution < 1.29 is 13.9 Å². The van der Waals surface area contributed by atoms with Crippen molar-refractivity contribution >= 4 is 23.2 Å². The fourth-order valence-electron chi connectivity index (χ4n) is 4.06. The Balaban J connectivity index is 1.85. The Morgan fingerprint density at radius 2 is 2.15 bits per heavy atom. The number of benzene rings is 1. The molecular weight excluding hydrogens is 364 g/mol. The van der Waals surface area contributed by atoms with Crippen LogP contribution in [0.4, 0.5) is 0 Å². The Labute approximate surface area is 158 Å². The summed E-state index contributed by atoms with van der Waals surface area (Å²) in [7, 11) is 0. The third kappa shape index (κ3) is 2.28. The number of hydrogen-bond acceptors (Lipinski definition) is 6. The predicted molar refractivity (Wildman–Crippen MR) is 99.4 cm³/mol. The average Bonchev–Trinajstić information content (AvgIpc) is 3.22. The number of fused-ring (bicyclic) bond motifs is 6. The molecule has 3 atom stereocenters. The van der Waals surface area contributed by atoms with Crippen molar-refractivity contribution in [3.63, 3.8) is 0 Å². The molecule has 2 bridgehead atoms. The van der Waals surface area contributed by atoms with Gasteiger partial charge in [0.1, 0.15) is 17.5 Å². The first-order valence-corrected chi connectivity index (χ1v) is 9.43. The van der Waals surface area contributed by atoms with Crippen LogP contribution in [-0.2, 0) is 4.79 Å². The SMILES string of the molecule is CC(=O)[C@H]1[C@H]2c3ccccc3O[C@@]1(C)N=c1sc(=Cc3ccoc3)c(=O)n12. The lowest BCUT2D eigenvalue weighted by molar-refractivity contribution is -0.132. The molecule has 0 fully saturated rings. The Kier molecular flexibility index (Phi) is 3.33. The topological polar surface area (TPSA) is 73.8 Å². The number of nitrogens with zero attached hydrogens (tertiary/aromatic N) is 2. The summed E-state index contributed by atoms with van der Waals surface area (Å²) in [5.74, 6) is 0.0502. The lowest BCUT2D eigenvalue weighted by Gasteiger charge is -2.45. The van der Waals surface area contributed by atoms with Gasteiger partial charge in [-0.3, -0.25) is 14.2 Å². The normalized spacial score (nSPS) is 25.9. The molecule has 136 valence electrons. The van der Waals surface area contributed by atoms with Gasteiger partial charge < -0.3 is 9.15 Å². The zero-order valence-corrected chi connectivity index (χ0v) is 15.5. The minimum absolute atomic E-state index is 0.0510. The first kappa shape index (κ1) is 16.3. The first-order chi connectivity index (χ1) is 13.0. The summed E-state index contributed by atoms with van der Waals surface area (Å²) >= 11 is 1.30. The standard InChI is InChI=1S/C20H16N2O4S/c1-11(23)16-17-13-5-3-4-6-14(13)26-20(16,2)21-19-22(17)18(24)15(27-19)9-12-7-8-25-10-12/h3-10,16-17H,1-2H3/t16-,17+,20+/m0/s1. The van der Waals surface area contributed by atoms with E-state index in [1.165, 1.54) is 18.3 Å². The van der Waals surface area contributed by atoms with E-state index in [1.807, 2.05) is 31.2 Å². The number of aromatic nitrogens is 1. The van der Waals surface area contributed by atoms with E-state index in [4.69, 9.17) is 14.1 Å². The van der Waals surface area contributed by atoms with E-state index in [0.717, 1.165) is 11.1 Å². The Morgan fingerprint density at radius 3 is 2.89 bits per heavy atom. The fraction of sp³-hybridized carbons (Fsp3) is 0.250. The van der Waals surface area contributed by atoms with Crippen LogP contribution in [0.25, 0.3) is 6.08 Å². The molecule has 0 saturated heterocycles. The van der Waals surface area contributed by atoms with Gasteiger partial charge in [-0.25, -0.2) is 4.99 Å². The van der Waals surface area contributed by atoms with Crippen LogP contribution in [0.2, 0.25) is 0 Å². The van der Waals surface area contributed by atoms with E-state index in [1.54, 1.807) is 29.2 Å². The van der Waals surface area contributed by atoms with Crippen LogP contribution in [0, 0.1) is 5.92 Å². The van der Waals surface area contributed by atoms with Crippen LogP contribution in [0.5, 0.6) is 5.75 Å². The molecule has 2 aliphatic rings. The van der Waals surface area contributed by atoms with E-state index in [2.05, 4.69) is 0 Å². The van der Waals surface area contributed by atoms with Gasteiger partial charge in [-0.1, -0.05) is 29.5 Å². The molecular formula is C20H16N2O4S. The van der Waals surface area contributed by atoms with Crippen molar-refractivity contribution in [3.8, 4) is 5.75 Å². The molecule has 0 aliphatic carbocycles. The van der Waals surface area contributed by atoms with Crippen molar-refractivity contribution in [2.75, 3.05) is 0 Å². The van der Waals surface area contributed by atoms with Gasteiger partial charge in [0.2, 0.25) is 5.72 Å². The number of hydrogen-bond donors (Lipinski definition) is 0. The van der Waals surface area contributed by atoms with Gasteiger partial charge in [0.25, 0.3) is 5.56 Å². The van der Waals surface area contributed by atoms with E-state index >= 15 is 0 Å². The second-order valence-corrected chi connectivity index (χ2v) is 7.97. The van der Waals surface area contributed by atoms with Crippen LogP contribution in [0.3, 0.4) is 0 Å². The van der Waals surface area contributed by atoms with Crippen LogP contribution >= 0.6 is 11.3 Å². The summed E-state index contributed by atoms with van der Waals surface area (Å²) in [6.07, 6.45) is 4.92. The molecule has 2 aromatic heterocycles. The smallest absolute Gasteiger partial charge is 0.270 e. The quantitative estimate of drug-likeness (QED) is 0.680. The summed E-state index contributed by atoms with van der Waals surface area (Å²) in [4.78, 5) is 31.0. The van der Waals surface area contributed by atoms with Crippen molar-refractivity contribution in [2.24, 2.45) is 10.9 Å². The molecule has 0 radical (unpaired) electrons. The van der Waals surface area contributed by atoms with Gasteiger partial charge in [-0.05, 0) is 32.1 Å². The summed E-state index contributed by atoms with van der Waals surface area (Å²) in [6.45, 7) is 3.35. The number of ketones is 1. The highest BCUT2D eigenvalue weighted by molar-refractivity contribution is 7.07. The van der Waals surface area contributed by atoms with Gasteiger partial charge >= 0.3 is 0 Å². The van der Waals surface area contributed by atoms with Gasteiger partial charge in [0.05, 0.1) is 23.1 Å². The monoisotopic (exact) mass is 380 g/mol. The number of carbonyl (C=O) groups is 1. The number of furan rings is 1. The molecule has 27 heavy (non-hydrogen) atoms. The molecule has 0 spiro atoms. The van der Waals surface area contributed by atoms with Gasteiger partial charge in [0, 0.05) is 11.1 Å². The first-order valence-electron chi connectivity index (χ1n) is 8.61. The average molecular weight is 380 g/mol. The Bertz CT molecular complexity index is 1240. The number of thiazole rings is 1. The van der Waals surface area contributed by atoms with Gasteiger partial charge in [0.15, 0.2) is 4.80 Å². The summed E-state index contributed by atoms with van der Waals surface area (Å²) in [5, 5.41) is 0. The maximum absolute atomic E-state index is 13.2. The molecule has 7 heteroatoms. The molecule has 2 aliphatic heterocycles. The molecule has 0 amide bonds. The number of carbonyl (C=O) groups excluding carboxylic acids is 1. The van der Waals surface area contributed by atoms with E-state index < -0.39 is 17.7 Å². The highest BCUT2D eigenvalue weighted by Crippen LogP contribution is 2.47. The van der Waals surface area contributed by atoms with Crippen molar-refractivity contribution in [1.29, 1.82) is 0 Å². The number of rotatable bonds is 2. The Morgan fingerprint density at radius 1 is 1.33 bits per heavy atom. The Hall–Kier alpha value is -2.93. The molecule has 4 heterocycles. The van der Waals surface area contributed by atoms with Crippen LogP contribution in [0.1, 0.15) is 31.0 Å². The largest absolute Gasteiger partial charge is 0.472 e. The zero-order valence-electron chi connectivity index (χ0n) is 14.7. The molecule has 0 N–H and O–H groups in total. The highest BCUT2D eigenvalue weighted by atomic mass is 32.1. The minimum atomic E-state index is -1.03. The second kappa shape index (κ2) is 5.53. The highest BCUT2D eigenvalue weighted by Gasteiger charge is 2.53. The number of Topliss-reactive ketones (excluding diaryl/α,β-unsaturated/α-hetero) is 1. The van der Waals surface area contributed by atoms with Gasteiger partial charge in [-0.2, -0.15) is 0 Å². The lowest BCUT2D eigenvalue weighted by Crippen LogP contribution is -2.58. The van der Waals surface area contributed by atoms with Crippen LogP contribution in [-0.4, -0.2) is 16.1 Å². The molecule has 5 rings (SSSR count). The van der Waals surface area contributed by atoms with E-state index in [0.29, 0.717) is 15.1 Å². The maximum Gasteiger partial charge on any atom is 0.270 e. The molecule has 0 saturated carbocycles. The fourth-order valence-corrected chi connectivity index (χ4v) is 5.16. The number of para-hydroxylation sites is 1.